The fraction of sp³-hybridized carbons (Fsp3) is 0.700. The molecule has 0 fully saturated rings. The molecule has 0 aromatic heterocycles. The minimum absolute atomic E-state index is 0.139. The lowest BCUT2D eigenvalue weighted by atomic mass is 10.3. The molecule has 0 aromatic rings. The van der Waals surface area contributed by atoms with E-state index in [0.717, 1.165) is 0 Å². The van der Waals surface area contributed by atoms with E-state index < -0.39 is 29.3 Å². The van der Waals surface area contributed by atoms with Crippen LogP contribution in [0.15, 0.2) is 0 Å². The Bertz CT molecular complexity index is 250. The summed E-state index contributed by atoms with van der Waals surface area (Å²) in [7, 11) is 0. The van der Waals surface area contributed by atoms with E-state index >= 15 is 0 Å². The molecule has 0 saturated heterocycles. The molecule has 0 aliphatic rings. The SMILES string of the molecule is CC(O)CO.CC(S)C(=O)O.O=C(O)CCC(=O)O. The quantitative estimate of drug-likeness (QED) is 0.378. The molecule has 0 amide bonds. The van der Waals surface area contributed by atoms with Crippen molar-refractivity contribution in [2.24, 2.45) is 0 Å². The van der Waals surface area contributed by atoms with Crippen molar-refractivity contribution in [1.82, 2.24) is 0 Å². The molecule has 0 saturated carbocycles. The number of hydrogen-bond acceptors (Lipinski definition) is 6. The molecule has 0 heterocycles. The van der Waals surface area contributed by atoms with Crippen LogP contribution >= 0.6 is 12.6 Å². The highest BCUT2D eigenvalue weighted by Crippen LogP contribution is 1.88. The number of thiol groups is 1. The van der Waals surface area contributed by atoms with Gasteiger partial charge in [0.25, 0.3) is 0 Å². The normalized spacial score (nSPS) is 11.8. The van der Waals surface area contributed by atoms with Crippen LogP contribution in [0.2, 0.25) is 0 Å². The van der Waals surface area contributed by atoms with Crippen molar-refractivity contribution in [3.05, 3.63) is 0 Å². The standard InChI is InChI=1S/C4H6O4.C3H6O2S.C3H8O2/c5-3(6)1-2-4(7)8;1-2(6)3(4)5;1-3(5)2-4/h1-2H2,(H,5,6)(H,7,8);2,6H,1H3,(H,4,5);3-5H,2H2,1H3. The summed E-state index contributed by atoms with van der Waals surface area (Å²) in [6.45, 7) is 2.89. The van der Waals surface area contributed by atoms with Gasteiger partial charge in [0.15, 0.2) is 0 Å². The Kier molecular flexibility index (Phi) is 17.7. The Balaban J connectivity index is -0.000000209. The van der Waals surface area contributed by atoms with Crippen LogP contribution in [0.3, 0.4) is 0 Å². The van der Waals surface area contributed by atoms with Crippen LogP contribution in [0.5, 0.6) is 0 Å². The van der Waals surface area contributed by atoms with Crippen molar-refractivity contribution in [3.8, 4) is 0 Å². The minimum Gasteiger partial charge on any atom is -0.481 e. The van der Waals surface area contributed by atoms with Crippen LogP contribution in [0.25, 0.3) is 0 Å². The van der Waals surface area contributed by atoms with E-state index in [-0.39, 0.29) is 19.4 Å². The number of carbonyl (C=O) groups is 3. The van der Waals surface area contributed by atoms with Gasteiger partial charge in [0.1, 0.15) is 0 Å². The van der Waals surface area contributed by atoms with Gasteiger partial charge in [0.2, 0.25) is 0 Å². The fourth-order valence-corrected chi connectivity index (χ4v) is 0.214. The average Bonchev–Trinajstić information content (AvgIpc) is 2.27. The highest BCUT2D eigenvalue weighted by atomic mass is 32.1. The van der Waals surface area contributed by atoms with Crippen molar-refractivity contribution < 1.29 is 39.9 Å². The summed E-state index contributed by atoms with van der Waals surface area (Å²) in [4.78, 5) is 28.9. The summed E-state index contributed by atoms with van der Waals surface area (Å²) < 4.78 is 0. The summed E-state index contributed by atoms with van der Waals surface area (Å²) in [6.07, 6.45) is -1.15. The first-order chi connectivity index (χ1) is 8.54. The van der Waals surface area contributed by atoms with Crippen LogP contribution in [0.1, 0.15) is 26.7 Å². The van der Waals surface area contributed by atoms with Gasteiger partial charge in [-0.25, -0.2) is 0 Å². The van der Waals surface area contributed by atoms with Gasteiger partial charge in [-0.15, -0.1) is 0 Å². The van der Waals surface area contributed by atoms with Crippen LogP contribution in [0.4, 0.5) is 0 Å². The Morgan fingerprint density at radius 1 is 1.00 bits per heavy atom. The minimum atomic E-state index is -1.08. The molecular weight excluding hydrogens is 280 g/mol. The second kappa shape index (κ2) is 14.7. The van der Waals surface area contributed by atoms with E-state index in [0.29, 0.717) is 0 Å². The van der Waals surface area contributed by atoms with Gasteiger partial charge in [-0.05, 0) is 13.8 Å². The number of aliphatic carboxylic acids is 3. The predicted octanol–water partition coefficient (Wildman–Crippen LogP) is -0.315. The summed E-state index contributed by atoms with van der Waals surface area (Å²) >= 11 is 3.59. The lowest BCUT2D eigenvalue weighted by molar-refractivity contribution is -0.143. The van der Waals surface area contributed by atoms with Gasteiger partial charge in [0, 0.05) is 0 Å². The van der Waals surface area contributed by atoms with E-state index in [2.05, 4.69) is 12.6 Å². The predicted molar refractivity (Wildman–Crippen MR) is 69.4 cm³/mol. The van der Waals surface area contributed by atoms with Crippen molar-refractivity contribution in [2.45, 2.75) is 38.0 Å². The van der Waals surface area contributed by atoms with Crippen LogP contribution in [0, 0.1) is 0 Å². The zero-order chi connectivity index (χ0) is 16.0. The molecule has 0 aliphatic carbocycles. The first-order valence-corrected chi connectivity index (χ1v) is 5.69. The van der Waals surface area contributed by atoms with Gasteiger partial charge < -0.3 is 25.5 Å². The number of aliphatic hydroxyl groups excluding tert-OH is 2. The third-order valence-electron chi connectivity index (χ3n) is 1.17. The lowest BCUT2D eigenvalue weighted by Gasteiger charge is -1.90. The van der Waals surface area contributed by atoms with Gasteiger partial charge in [-0.1, -0.05) is 0 Å². The molecule has 0 aromatic carbocycles. The zero-order valence-corrected chi connectivity index (χ0v) is 11.6. The molecule has 19 heavy (non-hydrogen) atoms. The van der Waals surface area contributed by atoms with Crippen LogP contribution in [-0.2, 0) is 14.4 Å². The van der Waals surface area contributed by atoms with Gasteiger partial charge in [0.05, 0.1) is 30.8 Å². The molecule has 2 atom stereocenters. The van der Waals surface area contributed by atoms with Gasteiger partial charge in [-0.3, -0.25) is 14.4 Å². The molecule has 8 nitrogen and oxygen atoms in total. The number of rotatable bonds is 5. The molecule has 0 aliphatic heterocycles. The van der Waals surface area contributed by atoms with E-state index in [1.807, 2.05) is 0 Å². The lowest BCUT2D eigenvalue weighted by Crippen LogP contribution is -2.06. The maximum Gasteiger partial charge on any atom is 0.316 e. The molecular formula is C10H20O8S. The third-order valence-corrected chi connectivity index (χ3v) is 1.40. The smallest absolute Gasteiger partial charge is 0.316 e. The Labute approximate surface area is 116 Å². The highest BCUT2D eigenvalue weighted by Gasteiger charge is 2.00. The van der Waals surface area contributed by atoms with Crippen LogP contribution < -0.4 is 0 Å². The Hall–Kier alpha value is -1.32. The molecule has 0 bridgehead atoms. The van der Waals surface area contributed by atoms with Gasteiger partial charge in [-0.2, -0.15) is 12.6 Å². The van der Waals surface area contributed by atoms with Crippen molar-refractivity contribution in [1.29, 1.82) is 0 Å². The zero-order valence-electron chi connectivity index (χ0n) is 10.7. The number of hydrogen-bond donors (Lipinski definition) is 6. The highest BCUT2D eigenvalue weighted by molar-refractivity contribution is 7.81. The summed E-state index contributed by atoms with van der Waals surface area (Å²) in [5, 5.41) is 39.2. The molecule has 0 rings (SSSR count). The molecule has 0 spiro atoms. The van der Waals surface area contributed by atoms with E-state index in [1.54, 1.807) is 0 Å². The molecule has 5 N–H and O–H groups in total. The fourth-order valence-electron chi connectivity index (χ4n) is 0.214. The first kappa shape index (κ1) is 22.8. The van der Waals surface area contributed by atoms with Gasteiger partial charge >= 0.3 is 17.9 Å². The van der Waals surface area contributed by atoms with Crippen molar-refractivity contribution in [3.63, 3.8) is 0 Å². The molecule has 9 heteroatoms. The summed E-state index contributed by atoms with van der Waals surface area (Å²) in [6, 6.07) is 0. The van der Waals surface area contributed by atoms with E-state index in [1.165, 1.54) is 13.8 Å². The number of aliphatic hydroxyl groups is 2. The van der Waals surface area contributed by atoms with Crippen LogP contribution in [-0.4, -0.2) is 61.4 Å². The maximum atomic E-state index is 9.64. The summed E-state index contributed by atoms with van der Waals surface area (Å²) in [5.41, 5.74) is 0. The Morgan fingerprint density at radius 2 is 1.21 bits per heavy atom. The number of carboxylic acids is 3. The van der Waals surface area contributed by atoms with Crippen molar-refractivity contribution >= 4 is 30.5 Å². The second-order valence-corrected chi connectivity index (χ2v) is 4.11. The molecule has 2 unspecified atom stereocenters. The second-order valence-electron chi connectivity index (χ2n) is 3.33. The van der Waals surface area contributed by atoms with E-state index in [4.69, 9.17) is 25.5 Å². The van der Waals surface area contributed by atoms with Crippen molar-refractivity contribution in [2.75, 3.05) is 6.61 Å². The topological polar surface area (TPSA) is 152 Å². The largest absolute Gasteiger partial charge is 0.481 e. The number of carboxylic acid groups (broad SMARTS) is 3. The molecule has 0 radical (unpaired) electrons. The molecule has 114 valence electrons. The maximum absolute atomic E-state index is 9.64. The Morgan fingerprint density at radius 3 is 1.26 bits per heavy atom. The monoisotopic (exact) mass is 300 g/mol. The third kappa shape index (κ3) is 38.4. The van der Waals surface area contributed by atoms with E-state index in [9.17, 15) is 14.4 Å². The average molecular weight is 300 g/mol. The first-order valence-electron chi connectivity index (χ1n) is 5.17. The summed E-state index contributed by atoms with van der Waals surface area (Å²) in [5.74, 6) is -3.03.